The van der Waals surface area contributed by atoms with Gasteiger partial charge in [0.2, 0.25) is 5.91 Å². The smallest absolute Gasteiger partial charge is 0.306 e. The van der Waals surface area contributed by atoms with Crippen molar-refractivity contribution >= 4 is 29.1 Å². The fourth-order valence-corrected chi connectivity index (χ4v) is 2.06. The van der Waals surface area contributed by atoms with Crippen LogP contribution in [0.1, 0.15) is 29.9 Å². The lowest BCUT2D eigenvalue weighted by molar-refractivity contribution is -0.141. The number of thiophene rings is 1. The minimum absolute atomic E-state index is 0.269. The van der Waals surface area contributed by atoms with Gasteiger partial charge in [-0.15, -0.1) is 11.3 Å². The summed E-state index contributed by atoms with van der Waals surface area (Å²) in [7, 11) is 0. The van der Waals surface area contributed by atoms with E-state index in [4.69, 9.17) is 5.11 Å². The second kappa shape index (κ2) is 7.64. The summed E-state index contributed by atoms with van der Waals surface area (Å²) in [5, 5.41) is 15.7. The molecule has 7 heteroatoms. The van der Waals surface area contributed by atoms with Gasteiger partial charge in [0.05, 0.1) is 10.8 Å². The lowest BCUT2D eigenvalue weighted by atomic mass is 10.1. The first-order chi connectivity index (χ1) is 9.41. The van der Waals surface area contributed by atoms with Crippen molar-refractivity contribution in [1.29, 1.82) is 0 Å². The molecule has 6 nitrogen and oxygen atoms in total. The van der Waals surface area contributed by atoms with Gasteiger partial charge in [-0.1, -0.05) is 13.0 Å². The Kier molecular flexibility index (Phi) is 6.17. The Hall–Kier alpha value is -1.89. The molecule has 2 amide bonds. The van der Waals surface area contributed by atoms with E-state index in [1.54, 1.807) is 31.4 Å². The number of rotatable bonds is 7. The summed E-state index contributed by atoms with van der Waals surface area (Å²) in [5.41, 5.74) is 0. The van der Waals surface area contributed by atoms with E-state index in [1.807, 2.05) is 0 Å². The Bertz CT molecular complexity index is 473. The van der Waals surface area contributed by atoms with Crippen molar-refractivity contribution < 1.29 is 19.5 Å². The molecule has 1 heterocycles. The van der Waals surface area contributed by atoms with Crippen LogP contribution >= 0.6 is 11.3 Å². The molecule has 0 aliphatic rings. The second-order valence-corrected chi connectivity index (χ2v) is 5.44. The number of carbonyl (C=O) groups excluding carboxylic acids is 2. The fourth-order valence-electron chi connectivity index (χ4n) is 1.43. The standard InChI is InChI=1S/C13H18N2O4S/c1-8(13(18)19)5-6-14-11(16)9(2)15-12(17)10-4-3-7-20-10/h3-4,7-9H,5-6H2,1-2H3,(H,14,16)(H,15,17)(H,18,19). The summed E-state index contributed by atoms with van der Waals surface area (Å²) in [6.07, 6.45) is 0.354. The highest BCUT2D eigenvalue weighted by Gasteiger charge is 2.17. The number of aliphatic carboxylic acids is 1. The Labute approximate surface area is 121 Å². The summed E-state index contributed by atoms with van der Waals surface area (Å²) in [6.45, 7) is 3.43. The molecule has 1 aromatic heterocycles. The van der Waals surface area contributed by atoms with E-state index in [1.165, 1.54) is 11.3 Å². The van der Waals surface area contributed by atoms with E-state index in [0.717, 1.165) is 0 Å². The molecule has 0 saturated carbocycles. The van der Waals surface area contributed by atoms with Crippen molar-refractivity contribution in [2.24, 2.45) is 5.92 Å². The van der Waals surface area contributed by atoms with E-state index >= 15 is 0 Å². The molecule has 0 fully saturated rings. The van der Waals surface area contributed by atoms with E-state index in [-0.39, 0.29) is 18.4 Å². The van der Waals surface area contributed by atoms with Gasteiger partial charge in [-0.25, -0.2) is 0 Å². The van der Waals surface area contributed by atoms with Gasteiger partial charge in [-0.3, -0.25) is 14.4 Å². The largest absolute Gasteiger partial charge is 0.481 e. The maximum Gasteiger partial charge on any atom is 0.306 e. The number of amides is 2. The van der Waals surface area contributed by atoms with Crippen molar-refractivity contribution in [2.75, 3.05) is 6.54 Å². The summed E-state index contributed by atoms with van der Waals surface area (Å²) >= 11 is 1.30. The van der Waals surface area contributed by atoms with Crippen molar-refractivity contribution in [2.45, 2.75) is 26.3 Å². The van der Waals surface area contributed by atoms with Crippen molar-refractivity contribution in [3.63, 3.8) is 0 Å². The van der Waals surface area contributed by atoms with Gasteiger partial charge in [0.25, 0.3) is 5.91 Å². The quantitative estimate of drug-likeness (QED) is 0.702. The SMILES string of the molecule is CC(CCNC(=O)C(C)NC(=O)c1cccs1)C(=O)O. The molecular formula is C13H18N2O4S. The average Bonchev–Trinajstić information content (AvgIpc) is 2.91. The molecule has 20 heavy (non-hydrogen) atoms. The van der Waals surface area contributed by atoms with Crippen LogP contribution in [-0.2, 0) is 9.59 Å². The molecule has 0 aliphatic heterocycles. The van der Waals surface area contributed by atoms with Gasteiger partial charge in [0.1, 0.15) is 6.04 Å². The topological polar surface area (TPSA) is 95.5 Å². The van der Waals surface area contributed by atoms with E-state index < -0.39 is 17.9 Å². The first-order valence-electron chi connectivity index (χ1n) is 6.26. The lowest BCUT2D eigenvalue weighted by Gasteiger charge is -2.14. The van der Waals surface area contributed by atoms with Gasteiger partial charge in [0, 0.05) is 6.54 Å². The molecule has 3 N–H and O–H groups in total. The van der Waals surface area contributed by atoms with Crippen molar-refractivity contribution in [3.05, 3.63) is 22.4 Å². The number of carboxylic acids is 1. The molecule has 0 aliphatic carbocycles. The number of hydrogen-bond acceptors (Lipinski definition) is 4. The van der Waals surface area contributed by atoms with Gasteiger partial charge in [-0.2, -0.15) is 0 Å². The highest BCUT2D eigenvalue weighted by Crippen LogP contribution is 2.08. The Morgan fingerprint density at radius 1 is 1.35 bits per heavy atom. The minimum atomic E-state index is -0.890. The van der Waals surface area contributed by atoms with Crippen LogP contribution in [0.4, 0.5) is 0 Å². The Morgan fingerprint density at radius 3 is 2.60 bits per heavy atom. The molecule has 0 radical (unpaired) electrons. The zero-order chi connectivity index (χ0) is 15.1. The zero-order valence-electron chi connectivity index (χ0n) is 11.4. The van der Waals surface area contributed by atoms with Gasteiger partial charge < -0.3 is 15.7 Å². The molecule has 0 spiro atoms. The third-order valence-electron chi connectivity index (χ3n) is 2.78. The fraction of sp³-hybridized carbons (Fsp3) is 0.462. The summed E-state index contributed by atoms with van der Waals surface area (Å²) in [4.78, 5) is 34.6. The Morgan fingerprint density at radius 2 is 2.05 bits per heavy atom. The van der Waals surface area contributed by atoms with Crippen molar-refractivity contribution in [3.8, 4) is 0 Å². The molecule has 2 atom stereocenters. The highest BCUT2D eigenvalue weighted by molar-refractivity contribution is 7.12. The predicted octanol–water partition coefficient (Wildman–Crippen LogP) is 1.09. The number of carboxylic acid groups (broad SMARTS) is 1. The van der Waals surface area contributed by atoms with Crippen LogP contribution in [0.15, 0.2) is 17.5 Å². The van der Waals surface area contributed by atoms with Gasteiger partial charge in [0.15, 0.2) is 0 Å². The average molecular weight is 298 g/mol. The normalized spacial score (nSPS) is 13.3. The second-order valence-electron chi connectivity index (χ2n) is 4.49. The molecule has 1 rings (SSSR count). The molecular weight excluding hydrogens is 280 g/mol. The van der Waals surface area contributed by atoms with E-state index in [9.17, 15) is 14.4 Å². The third kappa shape index (κ3) is 5.00. The summed E-state index contributed by atoms with van der Waals surface area (Å²) < 4.78 is 0. The van der Waals surface area contributed by atoms with Crippen LogP contribution in [0.5, 0.6) is 0 Å². The van der Waals surface area contributed by atoms with Crippen LogP contribution in [0.3, 0.4) is 0 Å². The molecule has 1 aromatic rings. The Balaban J connectivity index is 2.32. The number of hydrogen-bond donors (Lipinski definition) is 3. The molecule has 0 aromatic carbocycles. The number of carbonyl (C=O) groups is 3. The van der Waals surface area contributed by atoms with E-state index in [2.05, 4.69) is 10.6 Å². The summed E-state index contributed by atoms with van der Waals surface area (Å²) in [5.74, 6) is -2.02. The van der Waals surface area contributed by atoms with Gasteiger partial charge in [-0.05, 0) is 24.8 Å². The zero-order valence-corrected chi connectivity index (χ0v) is 12.2. The van der Waals surface area contributed by atoms with Crippen LogP contribution in [0.2, 0.25) is 0 Å². The molecule has 0 bridgehead atoms. The maximum atomic E-state index is 11.7. The number of nitrogens with one attached hydrogen (secondary N) is 2. The lowest BCUT2D eigenvalue weighted by Crippen LogP contribution is -2.45. The first kappa shape index (κ1) is 16.2. The van der Waals surface area contributed by atoms with Crippen LogP contribution in [0.25, 0.3) is 0 Å². The maximum absolute atomic E-state index is 11.7. The molecule has 110 valence electrons. The van der Waals surface area contributed by atoms with Gasteiger partial charge >= 0.3 is 5.97 Å². The monoisotopic (exact) mass is 298 g/mol. The first-order valence-corrected chi connectivity index (χ1v) is 7.14. The summed E-state index contributed by atoms with van der Waals surface area (Å²) in [6, 6.07) is 2.78. The molecule has 0 saturated heterocycles. The van der Waals surface area contributed by atoms with Crippen molar-refractivity contribution in [1.82, 2.24) is 10.6 Å². The van der Waals surface area contributed by atoms with Crippen LogP contribution in [0, 0.1) is 5.92 Å². The van der Waals surface area contributed by atoms with E-state index in [0.29, 0.717) is 11.3 Å². The predicted molar refractivity (Wildman–Crippen MR) is 75.7 cm³/mol. The molecule has 2 unspecified atom stereocenters. The third-order valence-corrected chi connectivity index (χ3v) is 3.65. The highest BCUT2D eigenvalue weighted by atomic mass is 32.1. The van der Waals surface area contributed by atoms with Crippen LogP contribution < -0.4 is 10.6 Å². The van der Waals surface area contributed by atoms with Crippen LogP contribution in [-0.4, -0.2) is 35.5 Å². The minimum Gasteiger partial charge on any atom is -0.481 e.